The highest BCUT2D eigenvalue weighted by atomic mass is 19.1. The van der Waals surface area contributed by atoms with Crippen molar-refractivity contribution in [3.63, 3.8) is 0 Å². The van der Waals surface area contributed by atoms with E-state index >= 15 is 0 Å². The van der Waals surface area contributed by atoms with E-state index in [1.165, 1.54) is 0 Å². The normalized spacial score (nSPS) is 22.2. The van der Waals surface area contributed by atoms with Crippen LogP contribution >= 0.6 is 0 Å². The zero-order valence-electron chi connectivity index (χ0n) is 11.5. The molecule has 1 fully saturated rings. The molecule has 0 bridgehead atoms. The Morgan fingerprint density at radius 2 is 2.15 bits per heavy atom. The Balaban J connectivity index is 1.80. The first-order valence-corrected chi connectivity index (χ1v) is 7.06. The first-order valence-electron chi connectivity index (χ1n) is 7.06. The minimum absolute atomic E-state index is 0.0288. The van der Waals surface area contributed by atoms with Gasteiger partial charge in [0.05, 0.1) is 12.8 Å². The lowest BCUT2D eigenvalue weighted by Crippen LogP contribution is -2.45. The fourth-order valence-corrected chi connectivity index (χ4v) is 2.33. The van der Waals surface area contributed by atoms with E-state index in [1.54, 1.807) is 0 Å². The van der Waals surface area contributed by atoms with Gasteiger partial charge >= 0.3 is 6.03 Å². The van der Waals surface area contributed by atoms with Gasteiger partial charge in [-0.25, -0.2) is 4.79 Å². The first kappa shape index (κ1) is 14.8. The van der Waals surface area contributed by atoms with Crippen molar-refractivity contribution in [2.24, 2.45) is 0 Å². The van der Waals surface area contributed by atoms with Crippen LogP contribution in [0.15, 0.2) is 30.3 Å². The number of hydrogen-bond donors (Lipinski definition) is 2. The van der Waals surface area contributed by atoms with Crippen LogP contribution in [0.2, 0.25) is 0 Å². The topological polar surface area (TPSA) is 50.4 Å². The highest BCUT2D eigenvalue weighted by Crippen LogP contribution is 2.27. The van der Waals surface area contributed by atoms with Gasteiger partial charge in [-0.2, -0.15) is 0 Å². The lowest BCUT2D eigenvalue weighted by atomic mass is 9.97. The second kappa shape index (κ2) is 7.85. The molecule has 0 aliphatic carbocycles. The quantitative estimate of drug-likeness (QED) is 0.814. The summed E-state index contributed by atoms with van der Waals surface area (Å²) >= 11 is 0. The Morgan fingerprint density at radius 3 is 2.90 bits per heavy atom. The number of carbonyl (C=O) groups excluding carboxylic acids is 1. The summed E-state index contributed by atoms with van der Waals surface area (Å²) in [5.41, 5.74) is 1.14. The molecule has 5 heteroatoms. The molecule has 1 saturated heterocycles. The molecule has 0 radical (unpaired) electrons. The Hall–Kier alpha value is -1.62. The van der Waals surface area contributed by atoms with Gasteiger partial charge in [0.2, 0.25) is 0 Å². The standard InChI is InChI=1S/C15H21FN2O2/c16-8-4-9-17-15(19)18-13-7-10-20-14(11-13)12-5-2-1-3-6-12/h1-3,5-6,13-14H,4,7-11H2,(H2,17,18,19)/t13-,14+/m1/s1. The van der Waals surface area contributed by atoms with Crippen molar-refractivity contribution in [2.45, 2.75) is 31.4 Å². The zero-order valence-corrected chi connectivity index (χ0v) is 11.5. The van der Waals surface area contributed by atoms with Gasteiger partial charge in [0.15, 0.2) is 0 Å². The van der Waals surface area contributed by atoms with Crippen molar-refractivity contribution in [2.75, 3.05) is 19.8 Å². The van der Waals surface area contributed by atoms with Crippen LogP contribution in [0.3, 0.4) is 0 Å². The Morgan fingerprint density at radius 1 is 1.35 bits per heavy atom. The molecule has 2 amide bonds. The lowest BCUT2D eigenvalue weighted by molar-refractivity contribution is 0.00227. The van der Waals surface area contributed by atoms with Gasteiger partial charge in [-0.05, 0) is 24.8 Å². The summed E-state index contributed by atoms with van der Waals surface area (Å²) in [5, 5.41) is 5.58. The van der Waals surface area contributed by atoms with Gasteiger partial charge < -0.3 is 15.4 Å². The smallest absolute Gasteiger partial charge is 0.315 e. The molecule has 1 aliphatic rings. The summed E-state index contributed by atoms with van der Waals surface area (Å²) in [5.74, 6) is 0. The molecule has 1 aromatic carbocycles. The molecular formula is C15H21FN2O2. The van der Waals surface area contributed by atoms with E-state index < -0.39 is 6.67 Å². The number of halogens is 1. The Bertz CT molecular complexity index is 414. The third-order valence-electron chi connectivity index (χ3n) is 3.39. The van der Waals surface area contributed by atoms with E-state index in [2.05, 4.69) is 10.6 Å². The van der Waals surface area contributed by atoms with Gasteiger partial charge in [-0.15, -0.1) is 0 Å². The fraction of sp³-hybridized carbons (Fsp3) is 0.533. The number of urea groups is 1. The van der Waals surface area contributed by atoms with E-state index in [0.29, 0.717) is 19.6 Å². The summed E-state index contributed by atoms with van der Waals surface area (Å²) in [6, 6.07) is 9.89. The predicted molar refractivity (Wildman–Crippen MR) is 75.3 cm³/mol. The number of alkyl halides is 1. The maximum absolute atomic E-state index is 12.0. The Labute approximate surface area is 118 Å². The third kappa shape index (κ3) is 4.49. The molecule has 2 rings (SSSR count). The van der Waals surface area contributed by atoms with Crippen LogP contribution in [0, 0.1) is 0 Å². The molecule has 0 aromatic heterocycles. The molecule has 0 spiro atoms. The van der Waals surface area contributed by atoms with Crippen LogP contribution in [-0.2, 0) is 4.74 Å². The highest BCUT2D eigenvalue weighted by Gasteiger charge is 2.24. The second-order valence-corrected chi connectivity index (χ2v) is 4.93. The van der Waals surface area contributed by atoms with Gasteiger partial charge in [0.1, 0.15) is 0 Å². The van der Waals surface area contributed by atoms with E-state index in [0.717, 1.165) is 18.4 Å². The second-order valence-electron chi connectivity index (χ2n) is 4.93. The molecule has 110 valence electrons. The molecule has 2 atom stereocenters. The van der Waals surface area contributed by atoms with Crippen molar-refractivity contribution < 1.29 is 13.9 Å². The SMILES string of the molecule is O=C(NCCCF)N[C@@H]1CCO[C@H](c2ccccc2)C1. The maximum atomic E-state index is 12.0. The van der Waals surface area contributed by atoms with Crippen LogP contribution in [-0.4, -0.2) is 31.9 Å². The number of hydrogen-bond acceptors (Lipinski definition) is 2. The minimum atomic E-state index is -0.409. The largest absolute Gasteiger partial charge is 0.373 e. The van der Waals surface area contributed by atoms with Crippen LogP contribution in [0.5, 0.6) is 0 Å². The number of carbonyl (C=O) groups is 1. The van der Waals surface area contributed by atoms with Crippen molar-refractivity contribution in [3.05, 3.63) is 35.9 Å². The fourth-order valence-electron chi connectivity index (χ4n) is 2.33. The van der Waals surface area contributed by atoms with Crippen LogP contribution in [0.4, 0.5) is 9.18 Å². The average Bonchev–Trinajstić information content (AvgIpc) is 2.49. The van der Waals surface area contributed by atoms with E-state index in [1.807, 2.05) is 30.3 Å². The van der Waals surface area contributed by atoms with Crippen molar-refractivity contribution in [3.8, 4) is 0 Å². The molecule has 1 aromatic rings. The van der Waals surface area contributed by atoms with E-state index in [-0.39, 0.29) is 18.2 Å². The number of rotatable bonds is 5. The third-order valence-corrected chi connectivity index (χ3v) is 3.39. The molecule has 0 saturated carbocycles. The lowest BCUT2D eigenvalue weighted by Gasteiger charge is -2.30. The summed E-state index contributed by atoms with van der Waals surface area (Å²) < 4.78 is 17.7. The average molecular weight is 280 g/mol. The number of amides is 2. The van der Waals surface area contributed by atoms with Gasteiger partial charge in [-0.3, -0.25) is 4.39 Å². The monoisotopic (exact) mass is 280 g/mol. The summed E-state index contributed by atoms with van der Waals surface area (Å²) in [6.45, 7) is 0.594. The van der Waals surface area contributed by atoms with Crippen LogP contribution in [0.25, 0.3) is 0 Å². The maximum Gasteiger partial charge on any atom is 0.315 e. The van der Waals surface area contributed by atoms with Gasteiger partial charge in [0.25, 0.3) is 0 Å². The molecule has 2 N–H and O–H groups in total. The summed E-state index contributed by atoms with van der Waals surface area (Å²) in [7, 11) is 0. The van der Waals surface area contributed by atoms with E-state index in [9.17, 15) is 9.18 Å². The highest BCUT2D eigenvalue weighted by molar-refractivity contribution is 5.74. The first-order chi connectivity index (χ1) is 9.79. The van der Waals surface area contributed by atoms with Gasteiger partial charge in [0, 0.05) is 19.2 Å². The molecule has 1 aliphatic heterocycles. The number of benzene rings is 1. The van der Waals surface area contributed by atoms with Crippen molar-refractivity contribution in [1.82, 2.24) is 10.6 Å². The van der Waals surface area contributed by atoms with E-state index in [4.69, 9.17) is 4.74 Å². The van der Waals surface area contributed by atoms with Crippen LogP contribution in [0.1, 0.15) is 30.9 Å². The molecule has 1 heterocycles. The minimum Gasteiger partial charge on any atom is -0.373 e. The zero-order chi connectivity index (χ0) is 14.2. The number of ether oxygens (including phenoxy) is 1. The van der Waals surface area contributed by atoms with Crippen molar-refractivity contribution >= 4 is 6.03 Å². The van der Waals surface area contributed by atoms with Crippen molar-refractivity contribution in [1.29, 1.82) is 0 Å². The summed E-state index contributed by atoms with van der Waals surface area (Å²) in [6.07, 6.45) is 1.95. The molecule has 0 unspecified atom stereocenters. The number of nitrogens with one attached hydrogen (secondary N) is 2. The predicted octanol–water partition coefficient (Wildman–Crippen LogP) is 2.57. The Kier molecular flexibility index (Phi) is 5.80. The molecule has 4 nitrogen and oxygen atoms in total. The molecule has 20 heavy (non-hydrogen) atoms. The summed E-state index contributed by atoms with van der Waals surface area (Å²) in [4.78, 5) is 11.6. The van der Waals surface area contributed by atoms with Crippen LogP contribution < -0.4 is 10.6 Å². The molecular weight excluding hydrogens is 259 g/mol. The van der Waals surface area contributed by atoms with Gasteiger partial charge in [-0.1, -0.05) is 30.3 Å².